The number of rotatable bonds is 2. The van der Waals surface area contributed by atoms with Crippen LogP contribution in [0.2, 0.25) is 0 Å². The molecule has 1 rings (SSSR count). The molecule has 0 fully saturated rings. The molecule has 0 aliphatic rings. The van der Waals surface area contributed by atoms with Crippen molar-refractivity contribution in [3.8, 4) is 5.88 Å². The predicted octanol–water partition coefficient (Wildman–Crippen LogP) is 1.03. The maximum absolute atomic E-state index is 11.6. The molecule has 0 bridgehead atoms. The van der Waals surface area contributed by atoms with Crippen LogP contribution in [0.3, 0.4) is 0 Å². The van der Waals surface area contributed by atoms with Gasteiger partial charge in [-0.25, -0.2) is 0 Å². The molecule has 0 amide bonds. The Morgan fingerprint density at radius 1 is 1.67 bits per heavy atom. The summed E-state index contributed by atoms with van der Waals surface area (Å²) in [4.78, 5) is 0. The number of halogens is 3. The van der Waals surface area contributed by atoms with Gasteiger partial charge in [0.1, 0.15) is 5.69 Å². The normalized spacial score (nSPS) is 9.67. The first kappa shape index (κ1) is 11.0. The van der Waals surface area contributed by atoms with E-state index in [4.69, 9.17) is 5.73 Å². The zero-order chi connectivity index (χ0) is 8.43. The van der Waals surface area contributed by atoms with Gasteiger partial charge >= 0.3 is 6.61 Å². The summed E-state index contributed by atoms with van der Waals surface area (Å²) in [5.41, 5.74) is 5.35. The van der Waals surface area contributed by atoms with E-state index < -0.39 is 6.61 Å². The fourth-order valence-electron chi connectivity index (χ4n) is 0.662. The Labute approximate surface area is 73.7 Å². The quantitative estimate of drug-likeness (QED) is 0.774. The number of nitrogen functional groups attached to an aromatic ring is 1. The third-order valence-electron chi connectivity index (χ3n) is 1.02. The van der Waals surface area contributed by atoms with E-state index in [2.05, 4.69) is 9.84 Å². The maximum Gasteiger partial charge on any atom is 0.388 e. The summed E-state index contributed by atoms with van der Waals surface area (Å²) in [5, 5.41) is 3.54. The summed E-state index contributed by atoms with van der Waals surface area (Å²) in [6.45, 7) is -2.88. The summed E-state index contributed by atoms with van der Waals surface area (Å²) >= 11 is 0. The molecule has 0 saturated carbocycles. The lowest BCUT2D eigenvalue weighted by Crippen LogP contribution is -2.04. The van der Waals surface area contributed by atoms with E-state index in [0.717, 1.165) is 0 Å². The third kappa shape index (κ3) is 2.54. The lowest BCUT2D eigenvalue weighted by Gasteiger charge is -1.98. The van der Waals surface area contributed by atoms with Gasteiger partial charge in [-0.1, -0.05) is 0 Å². The molecule has 7 heteroatoms. The fraction of sp³-hybridized carbons (Fsp3) is 0.400. The van der Waals surface area contributed by atoms with E-state index in [1.165, 1.54) is 10.9 Å². The van der Waals surface area contributed by atoms with Gasteiger partial charge in [0.15, 0.2) is 0 Å². The molecule has 1 aromatic rings. The van der Waals surface area contributed by atoms with Gasteiger partial charge in [0.25, 0.3) is 5.88 Å². The van der Waals surface area contributed by atoms with Crippen LogP contribution in [0.15, 0.2) is 6.20 Å². The highest BCUT2D eigenvalue weighted by molar-refractivity contribution is 5.85. The topological polar surface area (TPSA) is 53.1 Å². The second kappa shape index (κ2) is 4.10. The number of ether oxygens (including phenoxy) is 1. The van der Waals surface area contributed by atoms with Crippen molar-refractivity contribution in [3.05, 3.63) is 6.20 Å². The van der Waals surface area contributed by atoms with Gasteiger partial charge in [-0.2, -0.15) is 8.78 Å². The van der Waals surface area contributed by atoms with E-state index in [1.807, 2.05) is 0 Å². The monoisotopic (exact) mass is 199 g/mol. The molecule has 0 radical (unpaired) electrons. The zero-order valence-corrected chi connectivity index (χ0v) is 7.02. The molecule has 4 nitrogen and oxygen atoms in total. The van der Waals surface area contributed by atoms with Crippen LogP contribution in [-0.2, 0) is 7.05 Å². The minimum absolute atomic E-state index is 0. The SMILES string of the molecule is Cl.Cn1cc(N)c(OC(F)F)n1. The maximum atomic E-state index is 11.6. The molecule has 0 saturated heterocycles. The van der Waals surface area contributed by atoms with E-state index in [9.17, 15) is 8.78 Å². The summed E-state index contributed by atoms with van der Waals surface area (Å²) in [6, 6.07) is 0. The number of aryl methyl sites for hydroxylation is 1. The van der Waals surface area contributed by atoms with E-state index >= 15 is 0 Å². The van der Waals surface area contributed by atoms with Crippen LogP contribution in [0.5, 0.6) is 5.88 Å². The first-order valence-corrected chi connectivity index (χ1v) is 2.83. The number of aromatic nitrogens is 2. The summed E-state index contributed by atoms with van der Waals surface area (Å²) < 4.78 is 28.4. The smallest absolute Gasteiger partial charge is 0.388 e. The first-order valence-electron chi connectivity index (χ1n) is 2.83. The van der Waals surface area contributed by atoms with Crippen LogP contribution >= 0.6 is 12.4 Å². The highest BCUT2D eigenvalue weighted by atomic mass is 35.5. The van der Waals surface area contributed by atoms with Crippen molar-refractivity contribution in [2.45, 2.75) is 6.61 Å². The molecule has 70 valence electrons. The second-order valence-corrected chi connectivity index (χ2v) is 1.94. The molecule has 0 spiro atoms. The largest absolute Gasteiger partial charge is 0.413 e. The Balaban J connectivity index is 0.00000121. The Morgan fingerprint density at radius 3 is 2.58 bits per heavy atom. The molecule has 2 N–H and O–H groups in total. The molecule has 0 aliphatic heterocycles. The number of anilines is 1. The Morgan fingerprint density at radius 2 is 2.25 bits per heavy atom. The van der Waals surface area contributed by atoms with Gasteiger partial charge in [0.05, 0.1) is 6.20 Å². The highest BCUT2D eigenvalue weighted by Crippen LogP contribution is 2.18. The van der Waals surface area contributed by atoms with Crippen molar-refractivity contribution >= 4 is 18.1 Å². The average Bonchev–Trinajstić information content (AvgIpc) is 2.09. The van der Waals surface area contributed by atoms with Gasteiger partial charge in [0, 0.05) is 7.05 Å². The Kier molecular flexibility index (Phi) is 3.75. The molecule has 1 aromatic heterocycles. The van der Waals surface area contributed by atoms with Crippen LogP contribution in [0.4, 0.5) is 14.5 Å². The standard InChI is InChI=1S/C5H7F2N3O.ClH/c1-10-2-3(8)4(9-10)11-5(6)7;/h2,5H,8H2,1H3;1H. The molecular weight excluding hydrogens is 192 g/mol. The number of nitrogens with two attached hydrogens (primary N) is 1. The number of nitrogens with zero attached hydrogens (tertiary/aromatic N) is 2. The summed E-state index contributed by atoms with van der Waals surface area (Å²) in [7, 11) is 1.56. The van der Waals surface area contributed by atoms with Gasteiger partial charge in [-0.3, -0.25) is 4.68 Å². The number of hydrogen-bond donors (Lipinski definition) is 1. The highest BCUT2D eigenvalue weighted by Gasteiger charge is 2.10. The van der Waals surface area contributed by atoms with Crippen molar-refractivity contribution in [2.75, 3.05) is 5.73 Å². The number of hydrogen-bond acceptors (Lipinski definition) is 3. The van der Waals surface area contributed by atoms with Crippen LogP contribution in [-0.4, -0.2) is 16.4 Å². The average molecular weight is 200 g/mol. The fourth-order valence-corrected chi connectivity index (χ4v) is 0.662. The second-order valence-electron chi connectivity index (χ2n) is 1.94. The molecule has 1 heterocycles. The molecule has 0 unspecified atom stereocenters. The molecule has 0 atom stereocenters. The van der Waals surface area contributed by atoms with Gasteiger partial charge in [-0.05, 0) is 0 Å². The third-order valence-corrected chi connectivity index (χ3v) is 1.02. The van der Waals surface area contributed by atoms with Crippen molar-refractivity contribution in [2.24, 2.45) is 7.05 Å². The van der Waals surface area contributed by atoms with Gasteiger partial charge in [-0.15, -0.1) is 17.5 Å². The summed E-state index contributed by atoms with van der Waals surface area (Å²) in [5.74, 6) is -0.234. The van der Waals surface area contributed by atoms with Crippen molar-refractivity contribution in [1.29, 1.82) is 0 Å². The molecule has 12 heavy (non-hydrogen) atoms. The van der Waals surface area contributed by atoms with Crippen molar-refractivity contribution in [1.82, 2.24) is 9.78 Å². The molecule has 0 aromatic carbocycles. The van der Waals surface area contributed by atoms with Crippen molar-refractivity contribution in [3.63, 3.8) is 0 Å². The summed E-state index contributed by atoms with van der Waals surface area (Å²) in [6.07, 6.45) is 1.39. The Bertz CT molecular complexity index is 253. The van der Waals surface area contributed by atoms with Crippen LogP contribution < -0.4 is 10.5 Å². The lowest BCUT2D eigenvalue weighted by atomic mass is 10.6. The zero-order valence-electron chi connectivity index (χ0n) is 6.20. The van der Waals surface area contributed by atoms with Crippen LogP contribution in [0.25, 0.3) is 0 Å². The lowest BCUT2D eigenvalue weighted by molar-refractivity contribution is -0.0526. The first-order chi connectivity index (χ1) is 5.09. The molecular formula is C5H8ClF2N3O. The van der Waals surface area contributed by atoms with E-state index in [1.54, 1.807) is 7.05 Å². The minimum atomic E-state index is -2.88. The van der Waals surface area contributed by atoms with Crippen molar-refractivity contribution < 1.29 is 13.5 Å². The van der Waals surface area contributed by atoms with E-state index in [-0.39, 0.29) is 24.0 Å². The number of alkyl halides is 2. The van der Waals surface area contributed by atoms with E-state index in [0.29, 0.717) is 0 Å². The van der Waals surface area contributed by atoms with Crippen LogP contribution in [0, 0.1) is 0 Å². The van der Waals surface area contributed by atoms with Crippen LogP contribution in [0.1, 0.15) is 0 Å². The minimum Gasteiger partial charge on any atom is -0.413 e. The Hall–Kier alpha value is -1.04. The predicted molar refractivity (Wildman–Crippen MR) is 41.5 cm³/mol. The van der Waals surface area contributed by atoms with Gasteiger partial charge < -0.3 is 10.5 Å². The van der Waals surface area contributed by atoms with Gasteiger partial charge in [0.2, 0.25) is 0 Å². The molecule has 0 aliphatic carbocycles.